The van der Waals surface area contributed by atoms with Gasteiger partial charge in [-0.2, -0.15) is 4.98 Å². The van der Waals surface area contributed by atoms with Crippen molar-refractivity contribution in [3.05, 3.63) is 47.1 Å². The molecule has 0 radical (unpaired) electrons. The highest BCUT2D eigenvalue weighted by atomic mass is 35.5. The molecular formula is C13H9ClN4O2. The molecule has 0 aliphatic heterocycles. The number of nitrogen functional groups attached to an aromatic ring is 1. The molecule has 2 aromatic heterocycles. The summed E-state index contributed by atoms with van der Waals surface area (Å²) in [7, 11) is 0. The first-order valence-electron chi connectivity index (χ1n) is 5.70. The summed E-state index contributed by atoms with van der Waals surface area (Å²) in [6.07, 6.45) is 1.67. The molecule has 0 amide bonds. The predicted octanol–water partition coefficient (Wildman–Crippen LogP) is 2.33. The summed E-state index contributed by atoms with van der Waals surface area (Å²) in [5.74, 6) is -1.06. The van der Waals surface area contributed by atoms with Crippen molar-refractivity contribution in [2.75, 3.05) is 5.73 Å². The van der Waals surface area contributed by atoms with Gasteiger partial charge in [-0.05, 0) is 23.8 Å². The van der Waals surface area contributed by atoms with Gasteiger partial charge in [0.05, 0.1) is 0 Å². The van der Waals surface area contributed by atoms with E-state index < -0.39 is 5.97 Å². The Labute approximate surface area is 118 Å². The van der Waals surface area contributed by atoms with Crippen LogP contribution in [-0.2, 0) is 0 Å². The largest absolute Gasteiger partial charge is 0.478 e. The minimum absolute atomic E-state index is 0.0285. The van der Waals surface area contributed by atoms with Crippen LogP contribution in [0.2, 0.25) is 5.02 Å². The Kier molecular flexibility index (Phi) is 2.80. The van der Waals surface area contributed by atoms with E-state index in [4.69, 9.17) is 17.3 Å². The molecule has 0 saturated carbocycles. The van der Waals surface area contributed by atoms with E-state index in [-0.39, 0.29) is 17.2 Å². The van der Waals surface area contributed by atoms with Crippen LogP contribution in [0.15, 0.2) is 36.5 Å². The van der Waals surface area contributed by atoms with Gasteiger partial charge in [-0.25, -0.2) is 9.31 Å². The summed E-state index contributed by atoms with van der Waals surface area (Å²) in [4.78, 5) is 15.2. The molecule has 1 aromatic carbocycles. The SMILES string of the molecule is Nc1nc2c(C(=O)O)cc(-c3ccc(Cl)cc3)cn2n1. The average Bonchev–Trinajstić information content (AvgIpc) is 2.78. The first-order chi connectivity index (χ1) is 9.54. The fourth-order valence-corrected chi connectivity index (χ4v) is 2.09. The van der Waals surface area contributed by atoms with Gasteiger partial charge in [0.25, 0.3) is 0 Å². The van der Waals surface area contributed by atoms with E-state index in [0.717, 1.165) is 5.56 Å². The van der Waals surface area contributed by atoms with Gasteiger partial charge in [-0.1, -0.05) is 23.7 Å². The van der Waals surface area contributed by atoms with Gasteiger partial charge in [0, 0.05) is 16.8 Å². The van der Waals surface area contributed by atoms with Crippen molar-refractivity contribution in [2.24, 2.45) is 0 Å². The fourth-order valence-electron chi connectivity index (χ4n) is 1.96. The Bertz CT molecular complexity index is 811. The maximum Gasteiger partial charge on any atom is 0.339 e. The van der Waals surface area contributed by atoms with E-state index in [1.807, 2.05) is 0 Å². The molecule has 20 heavy (non-hydrogen) atoms. The lowest BCUT2D eigenvalue weighted by Gasteiger charge is -2.05. The molecule has 3 N–H and O–H groups in total. The lowest BCUT2D eigenvalue weighted by atomic mass is 10.1. The van der Waals surface area contributed by atoms with Crippen LogP contribution < -0.4 is 5.73 Å². The minimum atomic E-state index is -1.08. The Hall–Kier alpha value is -2.60. The second-order valence-electron chi connectivity index (χ2n) is 4.19. The number of carboxylic acids is 1. The van der Waals surface area contributed by atoms with E-state index in [2.05, 4.69) is 10.1 Å². The first-order valence-corrected chi connectivity index (χ1v) is 6.07. The van der Waals surface area contributed by atoms with Crippen molar-refractivity contribution in [3.63, 3.8) is 0 Å². The maximum absolute atomic E-state index is 11.3. The summed E-state index contributed by atoms with van der Waals surface area (Å²) in [5, 5.41) is 13.8. The number of aromatic carboxylic acids is 1. The van der Waals surface area contributed by atoms with Gasteiger partial charge in [-0.15, -0.1) is 5.10 Å². The molecule has 3 aromatic rings. The van der Waals surface area contributed by atoms with E-state index in [9.17, 15) is 9.90 Å². The lowest BCUT2D eigenvalue weighted by molar-refractivity contribution is 0.0698. The number of halogens is 1. The van der Waals surface area contributed by atoms with Crippen molar-refractivity contribution in [1.82, 2.24) is 14.6 Å². The van der Waals surface area contributed by atoms with Crippen molar-refractivity contribution < 1.29 is 9.90 Å². The van der Waals surface area contributed by atoms with E-state index in [0.29, 0.717) is 10.6 Å². The van der Waals surface area contributed by atoms with E-state index in [1.165, 1.54) is 10.6 Å². The number of hydrogen-bond acceptors (Lipinski definition) is 4. The van der Waals surface area contributed by atoms with Gasteiger partial charge < -0.3 is 10.8 Å². The third-order valence-electron chi connectivity index (χ3n) is 2.86. The molecule has 6 nitrogen and oxygen atoms in total. The maximum atomic E-state index is 11.3. The number of hydrogen-bond donors (Lipinski definition) is 2. The molecule has 7 heteroatoms. The zero-order valence-electron chi connectivity index (χ0n) is 10.1. The number of fused-ring (bicyclic) bond motifs is 1. The number of carboxylic acid groups (broad SMARTS) is 1. The molecule has 2 heterocycles. The molecule has 0 spiro atoms. The van der Waals surface area contributed by atoms with Crippen molar-refractivity contribution in [3.8, 4) is 11.1 Å². The molecule has 0 unspecified atom stereocenters. The zero-order chi connectivity index (χ0) is 14.3. The van der Waals surface area contributed by atoms with Crippen LogP contribution in [0.4, 0.5) is 5.95 Å². The van der Waals surface area contributed by atoms with Crippen molar-refractivity contribution >= 4 is 29.2 Å². The Morgan fingerprint density at radius 1 is 1.25 bits per heavy atom. The third-order valence-corrected chi connectivity index (χ3v) is 3.11. The highest BCUT2D eigenvalue weighted by Gasteiger charge is 2.15. The Balaban J connectivity index is 2.26. The smallest absolute Gasteiger partial charge is 0.339 e. The molecule has 0 saturated heterocycles. The van der Waals surface area contributed by atoms with E-state index >= 15 is 0 Å². The van der Waals surface area contributed by atoms with Gasteiger partial charge in [0.15, 0.2) is 5.65 Å². The number of pyridine rings is 1. The molecule has 0 aliphatic rings. The summed E-state index contributed by atoms with van der Waals surface area (Å²) >= 11 is 5.84. The number of anilines is 1. The van der Waals surface area contributed by atoms with Crippen molar-refractivity contribution in [2.45, 2.75) is 0 Å². The summed E-state index contributed by atoms with van der Waals surface area (Å²) in [5.41, 5.74) is 7.29. The van der Waals surface area contributed by atoms with Crippen molar-refractivity contribution in [1.29, 1.82) is 0 Å². The van der Waals surface area contributed by atoms with Crippen LogP contribution >= 0.6 is 11.6 Å². The number of aromatic nitrogens is 3. The number of nitrogens with two attached hydrogens (primary N) is 1. The van der Waals surface area contributed by atoms with Gasteiger partial charge in [-0.3, -0.25) is 0 Å². The van der Waals surface area contributed by atoms with Gasteiger partial charge >= 0.3 is 5.97 Å². The minimum Gasteiger partial charge on any atom is -0.478 e. The third kappa shape index (κ3) is 2.06. The monoisotopic (exact) mass is 288 g/mol. The van der Waals surface area contributed by atoms with Crippen LogP contribution in [0, 0.1) is 0 Å². The van der Waals surface area contributed by atoms with Gasteiger partial charge in [0.2, 0.25) is 5.95 Å². The number of rotatable bonds is 2. The molecule has 0 atom stereocenters. The molecule has 0 bridgehead atoms. The van der Waals surface area contributed by atoms with Crippen LogP contribution in [0.5, 0.6) is 0 Å². The number of carbonyl (C=O) groups is 1. The standard InChI is InChI=1S/C13H9ClN4O2/c14-9-3-1-7(2-4-9)8-5-10(12(19)20)11-16-13(15)17-18(11)6-8/h1-6H,(H2,15,17)(H,19,20). The highest BCUT2D eigenvalue weighted by molar-refractivity contribution is 6.30. The zero-order valence-corrected chi connectivity index (χ0v) is 10.9. The highest BCUT2D eigenvalue weighted by Crippen LogP contribution is 2.24. The topological polar surface area (TPSA) is 93.5 Å². The van der Waals surface area contributed by atoms with Crippen LogP contribution in [-0.4, -0.2) is 25.7 Å². The lowest BCUT2D eigenvalue weighted by Crippen LogP contribution is -2.02. The predicted molar refractivity (Wildman–Crippen MR) is 74.8 cm³/mol. The normalized spacial score (nSPS) is 10.8. The Morgan fingerprint density at radius 2 is 1.95 bits per heavy atom. The molecular weight excluding hydrogens is 280 g/mol. The Morgan fingerprint density at radius 3 is 2.60 bits per heavy atom. The quantitative estimate of drug-likeness (QED) is 0.755. The molecule has 100 valence electrons. The molecule has 0 aliphatic carbocycles. The average molecular weight is 289 g/mol. The molecule has 3 rings (SSSR count). The number of nitrogens with zero attached hydrogens (tertiary/aromatic N) is 3. The van der Waals surface area contributed by atoms with Crippen LogP contribution in [0.1, 0.15) is 10.4 Å². The fraction of sp³-hybridized carbons (Fsp3) is 0. The first kappa shape index (κ1) is 12.4. The van der Waals surface area contributed by atoms with Crippen LogP contribution in [0.3, 0.4) is 0 Å². The number of benzene rings is 1. The summed E-state index contributed by atoms with van der Waals surface area (Å²) in [6, 6.07) is 8.61. The van der Waals surface area contributed by atoms with E-state index in [1.54, 1.807) is 30.5 Å². The summed E-state index contributed by atoms with van der Waals surface area (Å²) in [6.45, 7) is 0. The van der Waals surface area contributed by atoms with Gasteiger partial charge in [0.1, 0.15) is 5.56 Å². The summed E-state index contributed by atoms with van der Waals surface area (Å²) < 4.78 is 1.36. The van der Waals surface area contributed by atoms with Crippen LogP contribution in [0.25, 0.3) is 16.8 Å². The second-order valence-corrected chi connectivity index (χ2v) is 4.63. The second kappa shape index (κ2) is 4.50. The molecule has 0 fully saturated rings.